The summed E-state index contributed by atoms with van der Waals surface area (Å²) in [5, 5.41) is 2.99. The molecule has 0 aliphatic rings. The van der Waals surface area contributed by atoms with Crippen molar-refractivity contribution in [3.63, 3.8) is 0 Å². The molecule has 3 aromatic rings. The van der Waals surface area contributed by atoms with E-state index >= 15 is 0 Å². The van der Waals surface area contributed by atoms with Crippen LogP contribution in [0.15, 0.2) is 48.5 Å². The smallest absolute Gasteiger partial charge is 0.219 e. The van der Waals surface area contributed by atoms with Crippen molar-refractivity contribution in [1.29, 1.82) is 0 Å². The van der Waals surface area contributed by atoms with Crippen LogP contribution < -0.4 is 5.32 Å². The number of aromatic nitrogens is 2. The third kappa shape index (κ3) is 5.44. The highest BCUT2D eigenvalue weighted by Crippen LogP contribution is 2.20. The summed E-state index contributed by atoms with van der Waals surface area (Å²) in [6.45, 7) is 5.79. The average molecular weight is 378 g/mol. The van der Waals surface area contributed by atoms with Gasteiger partial charge in [-0.25, -0.2) is 4.98 Å². The van der Waals surface area contributed by atoms with Gasteiger partial charge in [0, 0.05) is 25.9 Å². The van der Waals surface area contributed by atoms with E-state index in [0.717, 1.165) is 56.5 Å². The molecular weight excluding hydrogens is 346 g/mol. The normalized spacial score (nSPS) is 11.1. The van der Waals surface area contributed by atoms with Crippen molar-refractivity contribution >= 4 is 16.9 Å². The highest BCUT2D eigenvalue weighted by molar-refractivity contribution is 5.76. The Morgan fingerprint density at radius 1 is 1.07 bits per heavy atom. The van der Waals surface area contributed by atoms with E-state index in [-0.39, 0.29) is 5.91 Å². The monoisotopic (exact) mass is 377 g/mol. The maximum atomic E-state index is 11.5. The van der Waals surface area contributed by atoms with Crippen LogP contribution in [0, 0.1) is 6.92 Å². The number of unbranched alkanes of at least 4 members (excludes halogenated alkanes) is 2. The average Bonchev–Trinajstić information content (AvgIpc) is 3.02. The Bertz CT molecular complexity index is 913. The molecule has 4 nitrogen and oxygen atoms in total. The number of hydrogen-bond acceptors (Lipinski definition) is 2. The molecule has 3 rings (SSSR count). The van der Waals surface area contributed by atoms with Gasteiger partial charge in [0.25, 0.3) is 0 Å². The van der Waals surface area contributed by atoms with Crippen molar-refractivity contribution in [2.45, 2.75) is 58.9 Å². The van der Waals surface area contributed by atoms with Crippen molar-refractivity contribution in [3.8, 4) is 0 Å². The Morgan fingerprint density at radius 3 is 2.75 bits per heavy atom. The van der Waals surface area contributed by atoms with Gasteiger partial charge >= 0.3 is 0 Å². The molecule has 28 heavy (non-hydrogen) atoms. The summed E-state index contributed by atoms with van der Waals surface area (Å²) in [7, 11) is 0. The third-order valence-corrected chi connectivity index (χ3v) is 5.03. The van der Waals surface area contributed by atoms with Crippen LogP contribution in [0.25, 0.3) is 11.0 Å². The predicted octanol–water partition coefficient (Wildman–Crippen LogP) is 5.02. The van der Waals surface area contributed by atoms with E-state index in [9.17, 15) is 4.79 Å². The van der Waals surface area contributed by atoms with Crippen molar-refractivity contribution in [2.75, 3.05) is 6.54 Å². The molecule has 2 aromatic carbocycles. The first-order valence-electron chi connectivity index (χ1n) is 10.4. The lowest BCUT2D eigenvalue weighted by Gasteiger charge is -2.10. The topological polar surface area (TPSA) is 46.9 Å². The Balaban J connectivity index is 1.62. The van der Waals surface area contributed by atoms with Crippen LogP contribution in [0.3, 0.4) is 0 Å². The second kappa shape index (κ2) is 10.1. The lowest BCUT2D eigenvalue weighted by Crippen LogP contribution is -2.23. The van der Waals surface area contributed by atoms with E-state index < -0.39 is 0 Å². The van der Waals surface area contributed by atoms with Gasteiger partial charge in [0.15, 0.2) is 0 Å². The molecule has 148 valence electrons. The molecule has 0 radical (unpaired) electrons. The van der Waals surface area contributed by atoms with Gasteiger partial charge in [-0.1, -0.05) is 55.3 Å². The molecule has 0 unspecified atom stereocenters. The van der Waals surface area contributed by atoms with Crippen molar-refractivity contribution in [1.82, 2.24) is 14.9 Å². The largest absolute Gasteiger partial charge is 0.356 e. The Morgan fingerprint density at radius 2 is 1.93 bits per heavy atom. The Hall–Kier alpha value is -2.62. The predicted molar refractivity (Wildman–Crippen MR) is 115 cm³/mol. The fourth-order valence-electron chi connectivity index (χ4n) is 3.61. The van der Waals surface area contributed by atoms with E-state index in [4.69, 9.17) is 4.98 Å². The number of nitrogens with zero attached hydrogens (tertiary/aromatic N) is 2. The number of imidazole rings is 1. The number of aryl methyl sites for hydroxylation is 2. The Kier molecular flexibility index (Phi) is 7.24. The zero-order valence-electron chi connectivity index (χ0n) is 17.1. The molecule has 1 N–H and O–H groups in total. The summed E-state index contributed by atoms with van der Waals surface area (Å²) in [5.41, 5.74) is 4.86. The summed E-state index contributed by atoms with van der Waals surface area (Å²) in [5.74, 6) is 1.32. The molecule has 0 saturated carbocycles. The van der Waals surface area contributed by atoms with Crippen LogP contribution in [0.2, 0.25) is 0 Å². The fourth-order valence-corrected chi connectivity index (χ4v) is 3.61. The van der Waals surface area contributed by atoms with Crippen LogP contribution in [0.4, 0.5) is 0 Å². The molecule has 1 amide bonds. The third-order valence-electron chi connectivity index (χ3n) is 5.03. The zero-order valence-corrected chi connectivity index (χ0v) is 17.1. The second-order valence-electron chi connectivity index (χ2n) is 7.50. The van der Waals surface area contributed by atoms with Gasteiger partial charge in [-0.05, 0) is 43.9 Å². The minimum absolute atomic E-state index is 0.169. The van der Waals surface area contributed by atoms with Crippen molar-refractivity contribution in [2.24, 2.45) is 0 Å². The summed E-state index contributed by atoms with van der Waals surface area (Å²) >= 11 is 0. The van der Waals surface area contributed by atoms with E-state index in [0.29, 0.717) is 6.42 Å². The van der Waals surface area contributed by atoms with Crippen LogP contribution in [-0.4, -0.2) is 22.0 Å². The number of hydrogen-bond donors (Lipinski definition) is 1. The molecule has 0 spiro atoms. The van der Waals surface area contributed by atoms with E-state index in [1.807, 2.05) is 6.92 Å². The standard InChI is InChI=1S/C24H31N3O/c1-3-10-24(28)25-16-8-4-5-15-23-26-21-13-6-7-14-22(21)27(23)18-20-12-9-11-19(2)17-20/h6-7,9,11-14,17H,3-5,8,10,15-16,18H2,1-2H3,(H,25,28). The molecule has 0 bridgehead atoms. The van der Waals surface area contributed by atoms with Gasteiger partial charge in [0.05, 0.1) is 11.0 Å². The number of carbonyl (C=O) groups is 1. The number of rotatable bonds is 10. The number of amides is 1. The number of para-hydroxylation sites is 2. The molecule has 0 atom stereocenters. The summed E-state index contributed by atoms with van der Waals surface area (Å²) in [6.07, 6.45) is 5.70. The Labute approximate surface area is 168 Å². The van der Waals surface area contributed by atoms with E-state index in [1.54, 1.807) is 0 Å². The summed E-state index contributed by atoms with van der Waals surface area (Å²) in [6, 6.07) is 17.1. The number of carbonyl (C=O) groups excluding carboxylic acids is 1. The number of fused-ring (bicyclic) bond motifs is 1. The van der Waals surface area contributed by atoms with Gasteiger partial charge in [-0.3, -0.25) is 4.79 Å². The summed E-state index contributed by atoms with van der Waals surface area (Å²) in [4.78, 5) is 16.4. The maximum absolute atomic E-state index is 11.5. The van der Waals surface area contributed by atoms with Crippen LogP contribution in [-0.2, 0) is 17.8 Å². The van der Waals surface area contributed by atoms with Crippen molar-refractivity contribution in [3.05, 3.63) is 65.5 Å². The first kappa shape index (κ1) is 20.1. The molecular formula is C24H31N3O. The lowest BCUT2D eigenvalue weighted by atomic mass is 10.1. The molecule has 1 aromatic heterocycles. The van der Waals surface area contributed by atoms with Crippen LogP contribution in [0.5, 0.6) is 0 Å². The van der Waals surface area contributed by atoms with Gasteiger partial charge in [0.1, 0.15) is 5.82 Å². The quantitative estimate of drug-likeness (QED) is 0.504. The van der Waals surface area contributed by atoms with E-state index in [2.05, 4.69) is 65.3 Å². The van der Waals surface area contributed by atoms with Crippen LogP contribution in [0.1, 0.15) is 56.0 Å². The van der Waals surface area contributed by atoms with Gasteiger partial charge < -0.3 is 9.88 Å². The summed E-state index contributed by atoms with van der Waals surface area (Å²) < 4.78 is 2.35. The minimum atomic E-state index is 0.169. The second-order valence-corrected chi connectivity index (χ2v) is 7.50. The molecule has 0 fully saturated rings. The lowest BCUT2D eigenvalue weighted by molar-refractivity contribution is -0.121. The van der Waals surface area contributed by atoms with Gasteiger partial charge in [0.2, 0.25) is 5.91 Å². The molecule has 0 aliphatic carbocycles. The first-order chi connectivity index (χ1) is 13.7. The van der Waals surface area contributed by atoms with E-state index in [1.165, 1.54) is 16.6 Å². The number of nitrogens with one attached hydrogen (secondary N) is 1. The molecule has 0 aliphatic heterocycles. The highest BCUT2D eigenvalue weighted by Gasteiger charge is 2.11. The molecule has 4 heteroatoms. The minimum Gasteiger partial charge on any atom is -0.356 e. The van der Waals surface area contributed by atoms with Gasteiger partial charge in [-0.15, -0.1) is 0 Å². The first-order valence-corrected chi connectivity index (χ1v) is 10.4. The maximum Gasteiger partial charge on any atom is 0.219 e. The van der Waals surface area contributed by atoms with Gasteiger partial charge in [-0.2, -0.15) is 0 Å². The highest BCUT2D eigenvalue weighted by atomic mass is 16.1. The molecule has 0 saturated heterocycles. The number of benzene rings is 2. The fraction of sp³-hybridized carbons (Fsp3) is 0.417. The molecule has 1 heterocycles. The van der Waals surface area contributed by atoms with Crippen LogP contribution >= 0.6 is 0 Å². The SMILES string of the molecule is CCCC(=O)NCCCCCc1nc2ccccc2n1Cc1cccc(C)c1. The zero-order chi connectivity index (χ0) is 19.8. The van der Waals surface area contributed by atoms with Crippen molar-refractivity contribution < 1.29 is 4.79 Å².